The van der Waals surface area contributed by atoms with Gasteiger partial charge in [-0.05, 0) is 45.7 Å². The highest BCUT2D eigenvalue weighted by Gasteiger charge is 2.43. The molecular weight excluding hydrogens is 266 g/mol. The van der Waals surface area contributed by atoms with Crippen molar-refractivity contribution in [1.82, 2.24) is 15.1 Å². The number of amides is 2. The first-order valence-electron chi connectivity index (χ1n) is 8.35. The van der Waals surface area contributed by atoms with Crippen LogP contribution in [0.25, 0.3) is 0 Å². The van der Waals surface area contributed by atoms with Gasteiger partial charge in [-0.15, -0.1) is 0 Å². The average molecular weight is 293 g/mol. The molecule has 21 heavy (non-hydrogen) atoms. The summed E-state index contributed by atoms with van der Waals surface area (Å²) in [6, 6.07) is -0.281. The number of hydrogen-bond acceptors (Lipinski definition) is 3. The molecule has 0 radical (unpaired) electrons. The van der Waals surface area contributed by atoms with Crippen LogP contribution in [0.2, 0.25) is 0 Å². The lowest BCUT2D eigenvalue weighted by Gasteiger charge is -2.38. The van der Waals surface area contributed by atoms with Gasteiger partial charge in [0.15, 0.2) is 0 Å². The molecule has 5 nitrogen and oxygen atoms in total. The van der Waals surface area contributed by atoms with Crippen molar-refractivity contribution < 1.29 is 9.59 Å². The maximum absolute atomic E-state index is 12.7. The zero-order valence-electron chi connectivity index (χ0n) is 13.1. The van der Waals surface area contributed by atoms with Crippen LogP contribution >= 0.6 is 0 Å². The van der Waals surface area contributed by atoms with E-state index >= 15 is 0 Å². The van der Waals surface area contributed by atoms with E-state index in [9.17, 15) is 9.59 Å². The van der Waals surface area contributed by atoms with Crippen LogP contribution in [0.5, 0.6) is 0 Å². The molecule has 3 heterocycles. The Morgan fingerprint density at radius 1 is 1.19 bits per heavy atom. The highest BCUT2D eigenvalue weighted by atomic mass is 16.2. The number of rotatable bonds is 1. The van der Waals surface area contributed by atoms with Crippen molar-refractivity contribution in [2.75, 3.05) is 33.2 Å². The van der Waals surface area contributed by atoms with Gasteiger partial charge in [0, 0.05) is 31.5 Å². The van der Waals surface area contributed by atoms with Crippen molar-refractivity contribution in [2.45, 2.75) is 51.0 Å². The molecular formula is C16H27N3O2. The molecule has 0 aromatic heterocycles. The average Bonchev–Trinajstić information content (AvgIpc) is 2.71. The summed E-state index contributed by atoms with van der Waals surface area (Å²) < 4.78 is 0. The van der Waals surface area contributed by atoms with Gasteiger partial charge in [0.2, 0.25) is 11.8 Å². The van der Waals surface area contributed by atoms with Crippen molar-refractivity contribution in [3.63, 3.8) is 0 Å². The first-order chi connectivity index (χ1) is 10.1. The molecule has 118 valence electrons. The van der Waals surface area contributed by atoms with Crippen molar-refractivity contribution in [3.8, 4) is 0 Å². The minimum Gasteiger partial charge on any atom is -0.344 e. The van der Waals surface area contributed by atoms with Crippen LogP contribution in [0.15, 0.2) is 0 Å². The molecule has 0 bridgehead atoms. The molecule has 0 saturated carbocycles. The maximum atomic E-state index is 12.7. The van der Waals surface area contributed by atoms with Crippen LogP contribution in [-0.4, -0.2) is 60.9 Å². The largest absolute Gasteiger partial charge is 0.344 e. The van der Waals surface area contributed by atoms with Crippen LogP contribution in [0.3, 0.4) is 0 Å². The van der Waals surface area contributed by atoms with Crippen LogP contribution < -0.4 is 5.32 Å². The second-order valence-electron chi connectivity index (χ2n) is 7.22. The minimum absolute atomic E-state index is 0.0390. The van der Waals surface area contributed by atoms with E-state index in [-0.39, 0.29) is 17.9 Å². The van der Waals surface area contributed by atoms with Crippen molar-refractivity contribution in [2.24, 2.45) is 5.41 Å². The summed E-state index contributed by atoms with van der Waals surface area (Å²) in [7, 11) is 2.18. The van der Waals surface area contributed by atoms with E-state index in [1.807, 2.05) is 4.90 Å². The van der Waals surface area contributed by atoms with Crippen LogP contribution in [0, 0.1) is 5.41 Å². The third-order valence-corrected chi connectivity index (χ3v) is 5.38. The summed E-state index contributed by atoms with van der Waals surface area (Å²) in [5.41, 5.74) is 0.303. The van der Waals surface area contributed by atoms with Gasteiger partial charge in [-0.3, -0.25) is 9.59 Å². The fourth-order valence-corrected chi connectivity index (χ4v) is 4.29. The van der Waals surface area contributed by atoms with Gasteiger partial charge in [0.05, 0.1) is 0 Å². The summed E-state index contributed by atoms with van der Waals surface area (Å²) in [6.07, 6.45) is 6.83. The summed E-state index contributed by atoms with van der Waals surface area (Å²) >= 11 is 0. The van der Waals surface area contributed by atoms with Gasteiger partial charge in [0.25, 0.3) is 0 Å². The Morgan fingerprint density at radius 2 is 2.05 bits per heavy atom. The molecule has 1 N–H and O–H groups in total. The van der Waals surface area contributed by atoms with Gasteiger partial charge in [-0.1, -0.05) is 6.42 Å². The first-order valence-corrected chi connectivity index (χ1v) is 8.35. The third kappa shape index (κ3) is 3.23. The second kappa shape index (κ2) is 5.95. The van der Waals surface area contributed by atoms with E-state index < -0.39 is 0 Å². The Morgan fingerprint density at radius 3 is 2.86 bits per heavy atom. The van der Waals surface area contributed by atoms with E-state index in [0.717, 1.165) is 45.3 Å². The lowest BCUT2D eigenvalue weighted by Crippen LogP contribution is -2.49. The van der Waals surface area contributed by atoms with Gasteiger partial charge in [0.1, 0.15) is 6.04 Å². The van der Waals surface area contributed by atoms with Crippen molar-refractivity contribution >= 4 is 11.8 Å². The third-order valence-electron chi connectivity index (χ3n) is 5.38. The van der Waals surface area contributed by atoms with Gasteiger partial charge >= 0.3 is 0 Å². The Labute approximate surface area is 127 Å². The summed E-state index contributed by atoms with van der Waals surface area (Å²) in [4.78, 5) is 28.8. The highest BCUT2D eigenvalue weighted by molar-refractivity contribution is 5.88. The predicted octanol–water partition coefficient (Wildman–Crippen LogP) is 0.989. The number of nitrogens with zero attached hydrogens (tertiary/aromatic N) is 2. The van der Waals surface area contributed by atoms with Crippen LogP contribution in [-0.2, 0) is 9.59 Å². The molecule has 3 aliphatic heterocycles. The van der Waals surface area contributed by atoms with E-state index in [0.29, 0.717) is 11.8 Å². The standard InChI is InChI=1S/C16H27N3O2/c1-18-9-4-7-16(11-18)8-10-19(12-16)15(21)13-5-2-3-6-14(20)17-13/h13H,2-12H2,1H3,(H,17,20)/t13-,16+/m0/s1. The molecule has 3 aliphatic rings. The zero-order chi connectivity index (χ0) is 14.9. The normalized spacial score (nSPS) is 34.8. The van der Waals surface area contributed by atoms with Crippen molar-refractivity contribution in [1.29, 1.82) is 0 Å². The van der Waals surface area contributed by atoms with Crippen molar-refractivity contribution in [3.05, 3.63) is 0 Å². The number of carbonyl (C=O) groups excluding carboxylic acids is 2. The second-order valence-corrected chi connectivity index (χ2v) is 7.22. The fourth-order valence-electron chi connectivity index (χ4n) is 4.29. The molecule has 3 saturated heterocycles. The number of hydrogen-bond donors (Lipinski definition) is 1. The monoisotopic (exact) mass is 293 g/mol. The lowest BCUT2D eigenvalue weighted by molar-refractivity contribution is -0.135. The predicted molar refractivity (Wildman–Crippen MR) is 80.8 cm³/mol. The van der Waals surface area contributed by atoms with E-state index in [1.54, 1.807) is 0 Å². The molecule has 3 fully saturated rings. The Hall–Kier alpha value is -1.10. The smallest absolute Gasteiger partial charge is 0.245 e. The Kier molecular flexibility index (Phi) is 4.20. The van der Waals surface area contributed by atoms with E-state index in [2.05, 4.69) is 17.3 Å². The van der Waals surface area contributed by atoms with Crippen LogP contribution in [0.1, 0.15) is 44.9 Å². The number of nitrogens with one attached hydrogen (secondary N) is 1. The molecule has 0 unspecified atom stereocenters. The topological polar surface area (TPSA) is 52.7 Å². The van der Waals surface area contributed by atoms with E-state index in [1.165, 1.54) is 19.4 Å². The summed E-state index contributed by atoms with van der Waals surface area (Å²) in [5.74, 6) is 0.188. The maximum Gasteiger partial charge on any atom is 0.245 e. The zero-order valence-corrected chi connectivity index (χ0v) is 13.1. The lowest BCUT2D eigenvalue weighted by atomic mass is 9.79. The number of piperidine rings is 1. The summed E-state index contributed by atoms with van der Waals surface area (Å²) in [6.45, 7) is 4.02. The van der Waals surface area contributed by atoms with Gasteiger partial charge < -0.3 is 15.1 Å². The highest BCUT2D eigenvalue weighted by Crippen LogP contribution is 2.38. The molecule has 2 atom stereocenters. The Bertz CT molecular complexity index is 426. The molecule has 1 spiro atoms. The minimum atomic E-state index is -0.281. The first kappa shape index (κ1) is 14.8. The number of carbonyl (C=O) groups is 2. The molecule has 2 amide bonds. The van der Waals surface area contributed by atoms with E-state index in [4.69, 9.17) is 0 Å². The summed E-state index contributed by atoms with van der Waals surface area (Å²) in [5, 5.41) is 2.92. The fraction of sp³-hybridized carbons (Fsp3) is 0.875. The Balaban J connectivity index is 1.62. The molecule has 0 aliphatic carbocycles. The number of likely N-dealkylation sites (tertiary alicyclic amines) is 2. The molecule has 0 aromatic carbocycles. The molecule has 5 heteroatoms. The molecule has 3 rings (SSSR count). The SMILES string of the molecule is CN1CCC[C@@]2(CCN(C(=O)[C@@H]3CCCCC(=O)N3)C2)C1. The van der Waals surface area contributed by atoms with Crippen LogP contribution in [0.4, 0.5) is 0 Å². The van der Waals surface area contributed by atoms with Gasteiger partial charge in [-0.25, -0.2) is 0 Å². The molecule has 0 aromatic rings. The van der Waals surface area contributed by atoms with Gasteiger partial charge in [-0.2, -0.15) is 0 Å². The quantitative estimate of drug-likeness (QED) is 0.784.